The van der Waals surface area contributed by atoms with Gasteiger partial charge in [-0.25, -0.2) is 0 Å². The van der Waals surface area contributed by atoms with Crippen LogP contribution in [0.4, 0.5) is 0 Å². The number of hydrogen-bond acceptors (Lipinski definition) is 3. The molecule has 0 N–H and O–H groups in total. The summed E-state index contributed by atoms with van der Waals surface area (Å²) in [4.78, 5) is 0. The van der Waals surface area contributed by atoms with Crippen LogP contribution < -0.4 is 0 Å². The predicted octanol–water partition coefficient (Wildman–Crippen LogP) is -2.04. The molecule has 0 saturated heterocycles. The van der Waals surface area contributed by atoms with Crippen LogP contribution >= 0.6 is 0 Å². The fourth-order valence-electron chi connectivity index (χ4n) is 0. The van der Waals surface area contributed by atoms with Crippen molar-refractivity contribution >= 4 is 55.0 Å². The molecule has 7 heteroatoms. The summed E-state index contributed by atoms with van der Waals surface area (Å²) >= 11 is 1.52. The SMILES string of the molecule is [O]=[AlH].[O]=[AlH].[O]=[Sn].[Zn]. The number of hydrogen-bond donors (Lipinski definition) is 0. The quantitative estimate of drug-likeness (QED) is 0.483. The van der Waals surface area contributed by atoms with Crippen LogP contribution in [0.2, 0.25) is 0 Å². The van der Waals surface area contributed by atoms with Crippen molar-refractivity contribution in [2.75, 3.05) is 0 Å². The summed E-state index contributed by atoms with van der Waals surface area (Å²) in [6.07, 6.45) is 0. The third-order valence-corrected chi connectivity index (χ3v) is 0. The maximum absolute atomic E-state index is 8.34. The topological polar surface area (TPSA) is 51.2 Å². The van der Waals surface area contributed by atoms with Crippen LogP contribution in [0.3, 0.4) is 0 Å². The monoisotopic (exact) mass is 288 g/mol. The van der Waals surface area contributed by atoms with Crippen LogP contribution in [-0.4, -0.2) is 55.0 Å². The maximum atomic E-state index is 8.34. The molecule has 0 saturated carbocycles. The first kappa shape index (κ1) is 23.1. The first-order chi connectivity index (χ1) is 3.00. The molecule has 0 rings (SSSR count). The minimum Gasteiger partial charge on any atom is 0 e. The van der Waals surface area contributed by atoms with Crippen molar-refractivity contribution in [3.8, 4) is 0 Å². The van der Waals surface area contributed by atoms with E-state index in [-0.39, 0.29) is 19.5 Å². The fraction of sp³-hybridized carbons (Fsp3) is 0. The summed E-state index contributed by atoms with van der Waals surface area (Å²) in [5, 5.41) is 0. The van der Waals surface area contributed by atoms with Gasteiger partial charge in [-0.15, -0.1) is 0 Å². The summed E-state index contributed by atoms with van der Waals surface area (Å²) in [6.45, 7) is 0. The van der Waals surface area contributed by atoms with Crippen molar-refractivity contribution in [3.63, 3.8) is 0 Å². The Morgan fingerprint density at radius 3 is 0.857 bits per heavy atom. The molecule has 0 aliphatic carbocycles. The third-order valence-electron chi connectivity index (χ3n) is 0. The van der Waals surface area contributed by atoms with Gasteiger partial charge < -0.3 is 0 Å². The Balaban J connectivity index is -0.00000000900. The van der Waals surface area contributed by atoms with Crippen LogP contribution in [0.1, 0.15) is 0 Å². The van der Waals surface area contributed by atoms with E-state index in [0.29, 0.717) is 55.0 Å². The molecule has 0 aromatic carbocycles. The second kappa shape index (κ2) is 105. The summed E-state index contributed by atoms with van der Waals surface area (Å²) in [6, 6.07) is 0. The van der Waals surface area contributed by atoms with Gasteiger partial charge in [-0.3, -0.25) is 0 Å². The molecule has 3 nitrogen and oxygen atoms in total. The van der Waals surface area contributed by atoms with E-state index in [1.54, 1.807) is 0 Å². The summed E-state index contributed by atoms with van der Waals surface area (Å²) in [5.41, 5.74) is 0. The van der Waals surface area contributed by atoms with Gasteiger partial charge in [-0.05, 0) is 0 Å². The van der Waals surface area contributed by atoms with Gasteiger partial charge in [0, 0.05) is 19.5 Å². The molecule has 0 bridgehead atoms. The summed E-state index contributed by atoms with van der Waals surface area (Å²) in [5.74, 6) is 0. The van der Waals surface area contributed by atoms with Gasteiger partial charge in [0.05, 0.1) is 0 Å². The predicted molar refractivity (Wildman–Crippen MR) is 22.1 cm³/mol. The van der Waals surface area contributed by atoms with Crippen LogP contribution in [0, 0.1) is 0 Å². The Labute approximate surface area is 84.1 Å². The van der Waals surface area contributed by atoms with Crippen molar-refractivity contribution in [2.24, 2.45) is 0 Å². The molecule has 0 unspecified atom stereocenters. The average molecular weight is 288 g/mol. The molecule has 0 aliphatic heterocycles. The molecular weight excluding hydrogens is 286 g/mol. The first-order valence-electron chi connectivity index (χ1n) is 0.781. The second-order valence-electron chi connectivity index (χ2n) is 0. The fourth-order valence-corrected chi connectivity index (χ4v) is 0. The molecule has 0 aromatic rings. The molecular formula is H2Al2O3SnZn. The van der Waals surface area contributed by atoms with Crippen molar-refractivity contribution < 1.29 is 30.2 Å². The zero-order valence-corrected chi connectivity index (χ0v) is 12.5. The Kier molecular flexibility index (Phi) is 347. The molecule has 0 amide bonds. The Hall–Kier alpha value is 1.89. The Morgan fingerprint density at radius 2 is 0.857 bits per heavy atom. The van der Waals surface area contributed by atoms with E-state index in [9.17, 15) is 0 Å². The van der Waals surface area contributed by atoms with E-state index >= 15 is 0 Å². The van der Waals surface area contributed by atoms with Crippen LogP contribution in [0.25, 0.3) is 0 Å². The minimum absolute atomic E-state index is 0. The van der Waals surface area contributed by atoms with Gasteiger partial charge in [0.25, 0.3) is 0 Å². The average Bonchev–Trinajstić information content (AvgIpc) is 1.81. The van der Waals surface area contributed by atoms with Crippen molar-refractivity contribution in [2.45, 2.75) is 0 Å². The third kappa shape index (κ3) is 76.8. The van der Waals surface area contributed by atoms with Gasteiger partial charge in [-0.1, -0.05) is 0 Å². The van der Waals surface area contributed by atoms with Gasteiger partial charge in [0.2, 0.25) is 0 Å². The van der Waals surface area contributed by atoms with E-state index in [2.05, 4.69) is 0 Å². The standard InChI is InChI=1S/2Al.3O.Sn.Zn.2H. The molecule has 2 radical (unpaired) electrons. The van der Waals surface area contributed by atoms with Gasteiger partial charge >= 0.3 is 65.6 Å². The van der Waals surface area contributed by atoms with E-state index in [1.165, 1.54) is 0 Å². The molecule has 0 atom stereocenters. The van der Waals surface area contributed by atoms with Crippen molar-refractivity contribution in [3.05, 3.63) is 0 Å². The van der Waals surface area contributed by atoms with E-state index in [0.717, 1.165) is 0 Å². The zero-order valence-electron chi connectivity index (χ0n) is 3.85. The minimum atomic E-state index is 0. The first-order valence-corrected chi connectivity index (χ1v) is 3.10. The molecule has 0 aromatic heterocycles. The van der Waals surface area contributed by atoms with Crippen molar-refractivity contribution in [1.29, 1.82) is 0 Å². The zero-order chi connectivity index (χ0) is 6.00. The molecule has 32 valence electrons. The normalized spacial score (nSPS) is 1.43. The van der Waals surface area contributed by atoms with Crippen LogP contribution in [-0.2, 0) is 30.2 Å². The van der Waals surface area contributed by atoms with Gasteiger partial charge in [0.15, 0.2) is 0 Å². The molecule has 0 fully saturated rings. The van der Waals surface area contributed by atoms with Gasteiger partial charge in [-0.2, -0.15) is 0 Å². The summed E-state index contributed by atoms with van der Waals surface area (Å²) in [7, 11) is 0. The van der Waals surface area contributed by atoms with Crippen LogP contribution in [0.5, 0.6) is 0 Å². The van der Waals surface area contributed by atoms with E-state index in [1.807, 2.05) is 0 Å². The van der Waals surface area contributed by atoms with Gasteiger partial charge in [0.1, 0.15) is 0 Å². The van der Waals surface area contributed by atoms with Crippen molar-refractivity contribution in [1.82, 2.24) is 0 Å². The Bertz CT molecular complexity index is 17.7. The largest absolute Gasteiger partial charge is 0 e. The molecule has 7 heavy (non-hydrogen) atoms. The van der Waals surface area contributed by atoms with Crippen LogP contribution in [0.15, 0.2) is 0 Å². The smallest absolute Gasteiger partial charge is 0 e. The summed E-state index contributed by atoms with van der Waals surface area (Å²) < 4.78 is 24.9. The van der Waals surface area contributed by atoms with E-state index in [4.69, 9.17) is 10.7 Å². The molecule has 0 heterocycles. The molecule has 0 aliphatic rings. The number of rotatable bonds is 0. The Morgan fingerprint density at radius 1 is 0.857 bits per heavy atom. The maximum Gasteiger partial charge on any atom is 0 e. The van der Waals surface area contributed by atoms with E-state index < -0.39 is 0 Å². The second-order valence-corrected chi connectivity index (χ2v) is 0. The molecule has 0 spiro atoms.